The van der Waals surface area contributed by atoms with Crippen molar-refractivity contribution in [3.63, 3.8) is 0 Å². The summed E-state index contributed by atoms with van der Waals surface area (Å²) in [7, 11) is 1.64. The number of halogens is 1. The van der Waals surface area contributed by atoms with Gasteiger partial charge in [-0.2, -0.15) is 0 Å². The van der Waals surface area contributed by atoms with Crippen molar-refractivity contribution < 1.29 is 28.2 Å². The first-order chi connectivity index (χ1) is 14.5. The fourth-order valence-electron chi connectivity index (χ4n) is 4.38. The molecule has 4 rings (SSSR count). The Labute approximate surface area is 176 Å². The summed E-state index contributed by atoms with van der Waals surface area (Å²) in [6.45, 7) is 2.61. The number of nitrogens with zero attached hydrogens (tertiary/aromatic N) is 2. The Morgan fingerprint density at radius 3 is 2.57 bits per heavy atom. The summed E-state index contributed by atoms with van der Waals surface area (Å²) in [5, 5.41) is 0. The highest BCUT2D eigenvalue weighted by atomic mass is 19.1. The van der Waals surface area contributed by atoms with E-state index < -0.39 is 0 Å². The standard InChI is InChI=1S/C22H29FN2O5/c1-28-15-22(8-9-22)21(27)24-10-6-17(7-11-24)25-12-19(30-14-20(25)26)13-29-18-4-2-16(23)3-5-18/h2-5,17,19H,6-15H2,1H3. The van der Waals surface area contributed by atoms with Crippen LogP contribution in [0.25, 0.3) is 0 Å². The van der Waals surface area contributed by atoms with E-state index in [2.05, 4.69) is 0 Å². The summed E-state index contributed by atoms with van der Waals surface area (Å²) < 4.78 is 29.6. The summed E-state index contributed by atoms with van der Waals surface area (Å²) in [5.74, 6) is 0.436. The van der Waals surface area contributed by atoms with Gasteiger partial charge in [0, 0.05) is 26.2 Å². The van der Waals surface area contributed by atoms with Crippen LogP contribution in [0.1, 0.15) is 25.7 Å². The van der Waals surface area contributed by atoms with Crippen LogP contribution in [0, 0.1) is 11.2 Å². The molecule has 2 saturated heterocycles. The van der Waals surface area contributed by atoms with E-state index in [9.17, 15) is 14.0 Å². The Bertz CT molecular complexity index is 759. The molecular weight excluding hydrogens is 391 g/mol. The van der Waals surface area contributed by atoms with Crippen LogP contribution in [0.4, 0.5) is 4.39 Å². The van der Waals surface area contributed by atoms with Gasteiger partial charge in [-0.15, -0.1) is 0 Å². The molecule has 1 saturated carbocycles. The first-order valence-corrected chi connectivity index (χ1v) is 10.6. The van der Waals surface area contributed by atoms with Crippen LogP contribution in [-0.2, 0) is 19.1 Å². The zero-order chi connectivity index (χ0) is 21.1. The lowest BCUT2D eigenvalue weighted by atomic mass is 9.99. The number of carbonyl (C=O) groups excluding carboxylic acids is 2. The third kappa shape index (κ3) is 4.59. The van der Waals surface area contributed by atoms with Crippen LogP contribution in [-0.4, -0.2) is 80.3 Å². The summed E-state index contributed by atoms with van der Waals surface area (Å²) in [5.41, 5.74) is -0.306. The van der Waals surface area contributed by atoms with Crippen molar-refractivity contribution in [1.29, 1.82) is 0 Å². The molecule has 0 bridgehead atoms. The van der Waals surface area contributed by atoms with Crippen LogP contribution < -0.4 is 4.74 Å². The first kappa shape index (κ1) is 21.1. The molecule has 1 atom stereocenters. The van der Waals surface area contributed by atoms with Gasteiger partial charge < -0.3 is 24.0 Å². The predicted molar refractivity (Wildman–Crippen MR) is 106 cm³/mol. The fraction of sp³-hybridized carbons (Fsp3) is 0.636. The first-order valence-electron chi connectivity index (χ1n) is 10.6. The summed E-state index contributed by atoms with van der Waals surface area (Å²) in [6.07, 6.45) is 3.11. The second-order valence-corrected chi connectivity index (χ2v) is 8.48. The number of hydrogen-bond acceptors (Lipinski definition) is 5. The molecule has 0 radical (unpaired) electrons. The average Bonchev–Trinajstić information content (AvgIpc) is 3.55. The minimum atomic E-state index is -0.312. The molecule has 1 aromatic rings. The number of amides is 2. The van der Waals surface area contributed by atoms with Gasteiger partial charge in [0.05, 0.1) is 18.6 Å². The Balaban J connectivity index is 1.27. The van der Waals surface area contributed by atoms with Gasteiger partial charge in [0.15, 0.2) is 0 Å². The summed E-state index contributed by atoms with van der Waals surface area (Å²) in [4.78, 5) is 29.1. The molecule has 1 aromatic carbocycles. The van der Waals surface area contributed by atoms with Gasteiger partial charge in [0.25, 0.3) is 0 Å². The number of carbonyl (C=O) groups is 2. The van der Waals surface area contributed by atoms with E-state index in [1.54, 1.807) is 19.2 Å². The number of rotatable bonds is 7. The van der Waals surface area contributed by atoms with Crippen LogP contribution in [0.15, 0.2) is 24.3 Å². The van der Waals surface area contributed by atoms with Crippen LogP contribution in [0.2, 0.25) is 0 Å². The smallest absolute Gasteiger partial charge is 0.248 e. The van der Waals surface area contributed by atoms with E-state index in [0.29, 0.717) is 38.6 Å². The molecule has 0 spiro atoms. The topological polar surface area (TPSA) is 68.3 Å². The molecule has 164 valence electrons. The minimum absolute atomic E-state index is 0.0177. The molecule has 30 heavy (non-hydrogen) atoms. The molecule has 8 heteroatoms. The second-order valence-electron chi connectivity index (χ2n) is 8.48. The number of likely N-dealkylation sites (tertiary alicyclic amines) is 1. The normalized spacial score (nSPS) is 24.1. The number of hydrogen-bond donors (Lipinski definition) is 0. The Morgan fingerprint density at radius 1 is 1.23 bits per heavy atom. The summed E-state index contributed by atoms with van der Waals surface area (Å²) >= 11 is 0. The SMILES string of the molecule is COCC1(C(=O)N2CCC(N3CC(COc4ccc(F)cc4)OCC3=O)CC2)CC1. The number of methoxy groups -OCH3 is 1. The van der Waals surface area contributed by atoms with Gasteiger partial charge in [-0.25, -0.2) is 4.39 Å². The molecule has 3 fully saturated rings. The van der Waals surface area contributed by atoms with Crippen molar-refractivity contribution in [2.75, 3.05) is 46.6 Å². The highest BCUT2D eigenvalue weighted by Crippen LogP contribution is 2.47. The molecule has 2 aliphatic heterocycles. The molecule has 0 N–H and O–H groups in total. The van der Waals surface area contributed by atoms with E-state index in [1.807, 2.05) is 9.80 Å². The van der Waals surface area contributed by atoms with Crippen LogP contribution in [0.3, 0.4) is 0 Å². The Kier molecular flexibility index (Phi) is 6.24. The monoisotopic (exact) mass is 420 g/mol. The molecule has 3 aliphatic rings. The highest BCUT2D eigenvalue weighted by Gasteiger charge is 2.52. The lowest BCUT2D eigenvalue weighted by molar-refractivity contribution is -0.156. The zero-order valence-corrected chi connectivity index (χ0v) is 17.3. The van der Waals surface area contributed by atoms with E-state index in [-0.39, 0.29) is 41.8 Å². The van der Waals surface area contributed by atoms with Gasteiger partial charge >= 0.3 is 0 Å². The number of morpholine rings is 1. The maximum atomic E-state index is 13.0. The van der Waals surface area contributed by atoms with Gasteiger partial charge in [0.1, 0.15) is 30.9 Å². The third-order valence-corrected chi connectivity index (χ3v) is 6.33. The Hall–Kier alpha value is -2.19. The molecule has 7 nitrogen and oxygen atoms in total. The molecule has 1 aliphatic carbocycles. The average molecular weight is 420 g/mol. The zero-order valence-electron chi connectivity index (χ0n) is 17.3. The summed E-state index contributed by atoms with van der Waals surface area (Å²) in [6, 6.07) is 5.95. The minimum Gasteiger partial charge on any atom is -0.491 e. The number of piperidine rings is 1. The quantitative estimate of drug-likeness (QED) is 0.674. The van der Waals surface area contributed by atoms with Gasteiger partial charge in [0.2, 0.25) is 11.8 Å². The maximum absolute atomic E-state index is 13.0. The van der Waals surface area contributed by atoms with E-state index in [4.69, 9.17) is 14.2 Å². The van der Waals surface area contributed by atoms with Gasteiger partial charge in [-0.3, -0.25) is 9.59 Å². The van der Waals surface area contributed by atoms with E-state index in [0.717, 1.165) is 25.7 Å². The van der Waals surface area contributed by atoms with Crippen molar-refractivity contribution in [3.05, 3.63) is 30.1 Å². The lowest BCUT2D eigenvalue weighted by Gasteiger charge is -2.42. The van der Waals surface area contributed by atoms with Gasteiger partial charge in [-0.1, -0.05) is 0 Å². The van der Waals surface area contributed by atoms with Crippen molar-refractivity contribution in [1.82, 2.24) is 9.80 Å². The van der Waals surface area contributed by atoms with Crippen molar-refractivity contribution >= 4 is 11.8 Å². The van der Waals surface area contributed by atoms with E-state index in [1.165, 1.54) is 12.1 Å². The Morgan fingerprint density at radius 2 is 1.93 bits per heavy atom. The molecule has 0 aromatic heterocycles. The fourth-order valence-corrected chi connectivity index (χ4v) is 4.38. The molecule has 2 heterocycles. The maximum Gasteiger partial charge on any atom is 0.248 e. The van der Waals surface area contributed by atoms with Crippen LogP contribution >= 0.6 is 0 Å². The highest BCUT2D eigenvalue weighted by molar-refractivity contribution is 5.85. The van der Waals surface area contributed by atoms with E-state index >= 15 is 0 Å². The predicted octanol–water partition coefficient (Wildman–Crippen LogP) is 1.85. The molecular formula is C22H29FN2O5. The van der Waals surface area contributed by atoms with Crippen LogP contribution in [0.5, 0.6) is 5.75 Å². The molecule has 1 unspecified atom stereocenters. The molecule has 2 amide bonds. The second kappa shape index (κ2) is 8.89. The number of ether oxygens (including phenoxy) is 3. The third-order valence-electron chi connectivity index (χ3n) is 6.33. The van der Waals surface area contributed by atoms with Crippen molar-refractivity contribution in [2.24, 2.45) is 5.41 Å². The largest absolute Gasteiger partial charge is 0.491 e. The van der Waals surface area contributed by atoms with Crippen molar-refractivity contribution in [2.45, 2.75) is 37.8 Å². The lowest BCUT2D eigenvalue weighted by Crippen LogP contribution is -2.56. The van der Waals surface area contributed by atoms with Crippen molar-refractivity contribution in [3.8, 4) is 5.75 Å². The van der Waals surface area contributed by atoms with Gasteiger partial charge in [-0.05, 0) is 49.9 Å². The number of benzene rings is 1.